The van der Waals surface area contributed by atoms with Crippen LogP contribution in [-0.4, -0.2) is 52.1 Å². The van der Waals surface area contributed by atoms with Crippen LogP contribution in [0.4, 0.5) is 4.79 Å². The summed E-state index contributed by atoms with van der Waals surface area (Å²) < 4.78 is 5.14. The van der Waals surface area contributed by atoms with Gasteiger partial charge in [0.2, 0.25) is 0 Å². The van der Waals surface area contributed by atoms with Gasteiger partial charge in [-0.15, -0.1) is 0 Å². The van der Waals surface area contributed by atoms with Crippen molar-refractivity contribution in [2.45, 2.75) is 58.3 Å². The van der Waals surface area contributed by atoms with E-state index in [1.54, 1.807) is 34.6 Å². The predicted octanol–water partition coefficient (Wildman–Crippen LogP) is 0.676. The Morgan fingerprint density at radius 1 is 1.35 bits per heavy atom. The number of carbonyl (C=O) groups excluding carboxylic acids is 3. The van der Waals surface area contributed by atoms with Crippen LogP contribution in [0, 0.1) is 0 Å². The zero-order valence-corrected chi connectivity index (χ0v) is 12.9. The summed E-state index contributed by atoms with van der Waals surface area (Å²) in [6.07, 6.45) is -1.24. The Morgan fingerprint density at radius 2 is 1.85 bits per heavy atom. The highest BCUT2D eigenvalue weighted by Crippen LogP contribution is 2.27. The molecule has 0 aromatic carbocycles. The average molecular weight is 285 g/mol. The third-order valence-electron chi connectivity index (χ3n) is 3.20. The lowest BCUT2D eigenvalue weighted by atomic mass is 10.0. The minimum Gasteiger partial charge on any atom is -0.460 e. The lowest BCUT2D eigenvalue weighted by Crippen LogP contribution is -2.49. The molecule has 114 valence electrons. The van der Waals surface area contributed by atoms with E-state index < -0.39 is 35.2 Å². The second-order valence-corrected chi connectivity index (χ2v) is 6.43. The molecular formula is C13H23N3O4. The van der Waals surface area contributed by atoms with Crippen LogP contribution in [0.25, 0.3) is 0 Å². The Balaban J connectivity index is 2.79. The molecule has 1 rings (SSSR count). The number of hydrogen-bond acceptors (Lipinski definition) is 5. The summed E-state index contributed by atoms with van der Waals surface area (Å²) in [5, 5.41) is 0. The standard InChI is InChI=1S/C13H23N3O4/c1-12(2,3)20-9(17)7-8(14)16-10(18)13(4,5)15(6)11(16)19/h8H,7,14H2,1-6H3. The maximum atomic E-state index is 12.2. The lowest BCUT2D eigenvalue weighted by molar-refractivity contribution is -0.156. The van der Waals surface area contributed by atoms with Gasteiger partial charge < -0.3 is 15.4 Å². The highest BCUT2D eigenvalue weighted by atomic mass is 16.6. The third kappa shape index (κ3) is 3.09. The van der Waals surface area contributed by atoms with Crippen LogP contribution >= 0.6 is 0 Å². The first kappa shape index (κ1) is 16.4. The van der Waals surface area contributed by atoms with Crippen molar-refractivity contribution in [2.75, 3.05) is 7.05 Å². The minimum atomic E-state index is -1.02. The number of hydrogen-bond donors (Lipinski definition) is 1. The topological polar surface area (TPSA) is 92.9 Å². The van der Waals surface area contributed by atoms with Gasteiger partial charge in [0.05, 0.1) is 12.6 Å². The van der Waals surface area contributed by atoms with E-state index >= 15 is 0 Å². The van der Waals surface area contributed by atoms with E-state index in [1.807, 2.05) is 0 Å². The van der Waals surface area contributed by atoms with Gasteiger partial charge in [-0.1, -0.05) is 0 Å². The summed E-state index contributed by atoms with van der Waals surface area (Å²) in [5.74, 6) is -0.959. The number of ether oxygens (including phenoxy) is 1. The van der Waals surface area contributed by atoms with Crippen molar-refractivity contribution in [3.8, 4) is 0 Å². The molecule has 0 aliphatic carbocycles. The Bertz CT molecular complexity index is 439. The molecule has 3 amide bonds. The summed E-state index contributed by atoms with van der Waals surface area (Å²) in [6, 6.07) is -0.504. The third-order valence-corrected chi connectivity index (χ3v) is 3.20. The Morgan fingerprint density at radius 3 is 2.20 bits per heavy atom. The van der Waals surface area contributed by atoms with E-state index in [4.69, 9.17) is 10.5 Å². The second kappa shape index (κ2) is 5.05. The fraction of sp³-hybridized carbons (Fsp3) is 0.769. The number of amides is 3. The van der Waals surface area contributed by atoms with Crippen LogP contribution in [0.3, 0.4) is 0 Å². The number of nitrogens with two attached hydrogens (primary N) is 1. The van der Waals surface area contributed by atoms with Gasteiger partial charge in [-0.05, 0) is 34.6 Å². The summed E-state index contributed by atoms with van der Waals surface area (Å²) in [5.41, 5.74) is 4.23. The van der Waals surface area contributed by atoms with E-state index in [0.29, 0.717) is 0 Å². The Kier molecular flexibility index (Phi) is 4.14. The van der Waals surface area contributed by atoms with Gasteiger partial charge in [-0.2, -0.15) is 0 Å². The first-order chi connectivity index (χ1) is 8.88. The average Bonchev–Trinajstić information content (AvgIpc) is 2.37. The van der Waals surface area contributed by atoms with Gasteiger partial charge in [0.25, 0.3) is 5.91 Å². The predicted molar refractivity (Wildman–Crippen MR) is 72.5 cm³/mol. The van der Waals surface area contributed by atoms with E-state index in [1.165, 1.54) is 11.9 Å². The maximum Gasteiger partial charge on any atom is 0.328 e. The van der Waals surface area contributed by atoms with Crippen molar-refractivity contribution in [3.05, 3.63) is 0 Å². The van der Waals surface area contributed by atoms with Crippen LogP contribution in [0.1, 0.15) is 41.0 Å². The fourth-order valence-electron chi connectivity index (χ4n) is 1.86. The van der Waals surface area contributed by atoms with Crippen LogP contribution in [0.5, 0.6) is 0 Å². The number of imide groups is 1. The largest absolute Gasteiger partial charge is 0.460 e. The van der Waals surface area contributed by atoms with Crippen molar-refractivity contribution in [1.82, 2.24) is 9.80 Å². The van der Waals surface area contributed by atoms with Gasteiger partial charge >= 0.3 is 12.0 Å². The molecule has 0 bridgehead atoms. The lowest BCUT2D eigenvalue weighted by Gasteiger charge is -2.24. The molecule has 7 heteroatoms. The molecule has 1 unspecified atom stereocenters. The molecule has 2 N–H and O–H groups in total. The SMILES string of the molecule is CN1C(=O)N(C(N)CC(=O)OC(C)(C)C)C(=O)C1(C)C. The quantitative estimate of drug-likeness (QED) is 0.608. The number of likely N-dealkylation sites (N-methyl/N-ethyl adjacent to an activating group) is 1. The van der Waals surface area contributed by atoms with Gasteiger partial charge in [-0.3, -0.25) is 9.59 Å². The van der Waals surface area contributed by atoms with Crippen molar-refractivity contribution in [2.24, 2.45) is 5.73 Å². The molecule has 1 heterocycles. The van der Waals surface area contributed by atoms with Crippen LogP contribution in [0.2, 0.25) is 0 Å². The molecule has 0 saturated carbocycles. The van der Waals surface area contributed by atoms with Crippen molar-refractivity contribution >= 4 is 17.9 Å². The summed E-state index contributed by atoms with van der Waals surface area (Å²) in [6.45, 7) is 8.47. The number of carbonyl (C=O) groups is 3. The molecule has 1 aliphatic heterocycles. The fourth-order valence-corrected chi connectivity index (χ4v) is 1.86. The number of urea groups is 1. The van der Waals surface area contributed by atoms with Crippen LogP contribution in [-0.2, 0) is 14.3 Å². The van der Waals surface area contributed by atoms with Gasteiger partial charge in [-0.25, -0.2) is 9.69 Å². The molecule has 0 aromatic rings. The van der Waals surface area contributed by atoms with E-state index in [2.05, 4.69) is 0 Å². The van der Waals surface area contributed by atoms with Gasteiger partial charge in [0, 0.05) is 7.05 Å². The summed E-state index contributed by atoms with van der Waals surface area (Å²) >= 11 is 0. The molecule has 0 radical (unpaired) electrons. The molecule has 1 saturated heterocycles. The zero-order chi connectivity index (χ0) is 15.9. The molecule has 20 heavy (non-hydrogen) atoms. The van der Waals surface area contributed by atoms with Gasteiger partial charge in [0.1, 0.15) is 11.1 Å². The van der Waals surface area contributed by atoms with Crippen molar-refractivity contribution < 1.29 is 19.1 Å². The van der Waals surface area contributed by atoms with Crippen LogP contribution in [0.15, 0.2) is 0 Å². The number of nitrogens with zero attached hydrogens (tertiary/aromatic N) is 2. The minimum absolute atomic E-state index is 0.224. The normalized spacial score (nSPS) is 20.4. The molecule has 1 atom stereocenters. The molecule has 0 aromatic heterocycles. The highest BCUT2D eigenvalue weighted by molar-refractivity contribution is 6.06. The maximum absolute atomic E-state index is 12.2. The molecule has 1 aliphatic rings. The number of esters is 1. The van der Waals surface area contributed by atoms with E-state index in [9.17, 15) is 14.4 Å². The Hall–Kier alpha value is -1.63. The molecule has 7 nitrogen and oxygen atoms in total. The monoisotopic (exact) mass is 285 g/mol. The van der Waals surface area contributed by atoms with E-state index in [0.717, 1.165) is 4.90 Å². The highest BCUT2D eigenvalue weighted by Gasteiger charge is 2.51. The number of rotatable bonds is 3. The van der Waals surface area contributed by atoms with Crippen molar-refractivity contribution in [1.29, 1.82) is 0 Å². The summed E-state index contributed by atoms with van der Waals surface area (Å²) in [7, 11) is 1.53. The molecular weight excluding hydrogens is 262 g/mol. The zero-order valence-electron chi connectivity index (χ0n) is 12.9. The van der Waals surface area contributed by atoms with Gasteiger partial charge in [0.15, 0.2) is 0 Å². The second-order valence-electron chi connectivity index (χ2n) is 6.43. The molecule has 1 fully saturated rings. The smallest absolute Gasteiger partial charge is 0.328 e. The Labute approximate surface area is 119 Å². The first-order valence-corrected chi connectivity index (χ1v) is 6.47. The van der Waals surface area contributed by atoms with Crippen LogP contribution < -0.4 is 5.73 Å². The summed E-state index contributed by atoms with van der Waals surface area (Å²) in [4.78, 5) is 38.2. The van der Waals surface area contributed by atoms with Crippen molar-refractivity contribution in [3.63, 3.8) is 0 Å². The molecule has 0 spiro atoms. The van der Waals surface area contributed by atoms with E-state index in [-0.39, 0.29) is 6.42 Å². The first-order valence-electron chi connectivity index (χ1n) is 6.47.